The van der Waals surface area contributed by atoms with Gasteiger partial charge in [0.25, 0.3) is 5.91 Å². The molecule has 0 aliphatic heterocycles. The molecule has 0 saturated heterocycles. The van der Waals surface area contributed by atoms with Crippen LogP contribution in [0.3, 0.4) is 0 Å². The first kappa shape index (κ1) is 12.0. The van der Waals surface area contributed by atoms with Crippen molar-refractivity contribution < 1.29 is 14.3 Å². The summed E-state index contributed by atoms with van der Waals surface area (Å²) in [6.45, 7) is 0.528. The lowest BCUT2D eigenvalue weighted by Crippen LogP contribution is -2.28. The third-order valence-corrected chi connectivity index (χ3v) is 3.05. The van der Waals surface area contributed by atoms with Crippen LogP contribution in [0.25, 0.3) is 0 Å². The first-order valence-corrected chi connectivity index (χ1v) is 5.73. The van der Waals surface area contributed by atoms with Crippen LogP contribution in [-0.4, -0.2) is 28.6 Å². The standard InChI is InChI=1S/C12H15FN2O2/c13-11-6-9(3-4-14-11)12(17)15-7-8-1-2-10(16)5-8/h3-4,6,8,10,16H,1-2,5,7H2,(H,15,17). The van der Waals surface area contributed by atoms with Gasteiger partial charge in [0.15, 0.2) is 0 Å². The summed E-state index contributed by atoms with van der Waals surface area (Å²) in [6.07, 6.45) is 3.47. The van der Waals surface area contributed by atoms with E-state index in [0.717, 1.165) is 25.3 Å². The van der Waals surface area contributed by atoms with E-state index in [2.05, 4.69) is 10.3 Å². The van der Waals surface area contributed by atoms with Crippen LogP contribution >= 0.6 is 0 Å². The number of rotatable bonds is 3. The lowest BCUT2D eigenvalue weighted by Gasteiger charge is -2.10. The van der Waals surface area contributed by atoms with Gasteiger partial charge in [0.1, 0.15) is 0 Å². The van der Waals surface area contributed by atoms with Gasteiger partial charge in [0, 0.05) is 24.4 Å². The number of nitrogens with one attached hydrogen (secondary N) is 1. The van der Waals surface area contributed by atoms with Crippen LogP contribution in [0.15, 0.2) is 18.3 Å². The van der Waals surface area contributed by atoms with Crippen molar-refractivity contribution in [3.8, 4) is 0 Å². The van der Waals surface area contributed by atoms with E-state index in [1.54, 1.807) is 0 Å². The first-order valence-electron chi connectivity index (χ1n) is 5.73. The summed E-state index contributed by atoms with van der Waals surface area (Å²) in [4.78, 5) is 15.1. The average molecular weight is 238 g/mol. The van der Waals surface area contributed by atoms with E-state index in [1.807, 2.05) is 0 Å². The Labute approximate surface area is 98.9 Å². The van der Waals surface area contributed by atoms with E-state index in [-0.39, 0.29) is 17.6 Å². The van der Waals surface area contributed by atoms with Gasteiger partial charge in [0.2, 0.25) is 5.95 Å². The van der Waals surface area contributed by atoms with E-state index < -0.39 is 5.95 Å². The molecule has 0 aromatic carbocycles. The minimum Gasteiger partial charge on any atom is -0.393 e. The third-order valence-electron chi connectivity index (χ3n) is 3.05. The topological polar surface area (TPSA) is 62.2 Å². The molecule has 2 N–H and O–H groups in total. The lowest BCUT2D eigenvalue weighted by atomic mass is 10.1. The van der Waals surface area contributed by atoms with E-state index in [0.29, 0.717) is 12.5 Å². The van der Waals surface area contributed by atoms with Crippen molar-refractivity contribution in [2.24, 2.45) is 5.92 Å². The number of aromatic nitrogens is 1. The number of carbonyl (C=O) groups excluding carboxylic acids is 1. The van der Waals surface area contributed by atoms with Gasteiger partial charge in [-0.2, -0.15) is 4.39 Å². The lowest BCUT2D eigenvalue weighted by molar-refractivity contribution is 0.0944. The fraction of sp³-hybridized carbons (Fsp3) is 0.500. The van der Waals surface area contributed by atoms with Gasteiger partial charge >= 0.3 is 0 Å². The maximum atomic E-state index is 12.8. The minimum atomic E-state index is -0.658. The number of halogens is 1. The number of carbonyl (C=O) groups is 1. The van der Waals surface area contributed by atoms with Crippen LogP contribution in [0.4, 0.5) is 4.39 Å². The molecule has 1 saturated carbocycles. The molecule has 1 aliphatic carbocycles. The van der Waals surface area contributed by atoms with E-state index >= 15 is 0 Å². The SMILES string of the molecule is O=C(NCC1CCC(O)C1)c1ccnc(F)c1. The Kier molecular flexibility index (Phi) is 3.68. The zero-order chi connectivity index (χ0) is 12.3. The quantitative estimate of drug-likeness (QED) is 0.775. The number of hydrogen-bond acceptors (Lipinski definition) is 3. The molecule has 2 unspecified atom stereocenters. The Morgan fingerprint density at radius 2 is 2.41 bits per heavy atom. The molecule has 1 fully saturated rings. The average Bonchev–Trinajstić information content (AvgIpc) is 2.72. The van der Waals surface area contributed by atoms with Gasteiger partial charge in [-0.3, -0.25) is 4.79 Å². The van der Waals surface area contributed by atoms with Crippen molar-refractivity contribution in [2.75, 3.05) is 6.54 Å². The molecule has 1 heterocycles. The van der Waals surface area contributed by atoms with E-state index in [9.17, 15) is 14.3 Å². The number of hydrogen-bond donors (Lipinski definition) is 2. The monoisotopic (exact) mass is 238 g/mol. The molecule has 0 spiro atoms. The summed E-state index contributed by atoms with van der Waals surface area (Å²) < 4.78 is 12.8. The maximum Gasteiger partial charge on any atom is 0.251 e. The molecule has 0 bridgehead atoms. The summed E-state index contributed by atoms with van der Waals surface area (Å²) >= 11 is 0. The molecule has 1 aliphatic rings. The Morgan fingerprint density at radius 3 is 3.06 bits per heavy atom. The van der Waals surface area contributed by atoms with Crippen LogP contribution in [0, 0.1) is 11.9 Å². The minimum absolute atomic E-state index is 0.240. The van der Waals surface area contributed by atoms with Gasteiger partial charge < -0.3 is 10.4 Å². The molecule has 5 heteroatoms. The first-order chi connectivity index (χ1) is 8.15. The van der Waals surface area contributed by atoms with Crippen molar-refractivity contribution in [1.29, 1.82) is 0 Å². The highest BCUT2D eigenvalue weighted by atomic mass is 19.1. The zero-order valence-electron chi connectivity index (χ0n) is 9.40. The van der Waals surface area contributed by atoms with Crippen LogP contribution in [0.5, 0.6) is 0 Å². The predicted molar refractivity (Wildman–Crippen MR) is 59.9 cm³/mol. The number of amides is 1. The maximum absolute atomic E-state index is 12.8. The van der Waals surface area contributed by atoms with Crippen LogP contribution in [0.1, 0.15) is 29.6 Å². The molecule has 17 heavy (non-hydrogen) atoms. The zero-order valence-corrected chi connectivity index (χ0v) is 9.40. The van der Waals surface area contributed by atoms with E-state index in [1.165, 1.54) is 12.3 Å². The molecule has 92 valence electrons. The van der Waals surface area contributed by atoms with Gasteiger partial charge in [-0.15, -0.1) is 0 Å². The number of nitrogens with zero attached hydrogens (tertiary/aromatic N) is 1. The summed E-state index contributed by atoms with van der Waals surface area (Å²) in [5.41, 5.74) is 0.274. The fourth-order valence-electron chi connectivity index (χ4n) is 2.12. The number of aliphatic hydroxyl groups excluding tert-OH is 1. The van der Waals surface area contributed by atoms with Crippen molar-refractivity contribution in [3.63, 3.8) is 0 Å². The molecule has 1 aromatic heterocycles. The molecular weight excluding hydrogens is 223 g/mol. The Morgan fingerprint density at radius 1 is 1.59 bits per heavy atom. The second-order valence-electron chi connectivity index (χ2n) is 4.41. The van der Waals surface area contributed by atoms with Gasteiger partial charge in [-0.25, -0.2) is 4.98 Å². The summed E-state index contributed by atoms with van der Waals surface area (Å²) in [5.74, 6) is -0.637. The van der Waals surface area contributed by atoms with Crippen molar-refractivity contribution in [3.05, 3.63) is 29.8 Å². The second kappa shape index (κ2) is 5.23. The highest BCUT2D eigenvalue weighted by molar-refractivity contribution is 5.93. The molecule has 0 radical (unpaired) electrons. The van der Waals surface area contributed by atoms with E-state index in [4.69, 9.17) is 0 Å². The Hall–Kier alpha value is -1.49. The number of pyridine rings is 1. The van der Waals surface area contributed by atoms with Gasteiger partial charge in [0.05, 0.1) is 6.10 Å². The molecule has 4 nitrogen and oxygen atoms in total. The van der Waals surface area contributed by atoms with Crippen LogP contribution < -0.4 is 5.32 Å². The third kappa shape index (κ3) is 3.23. The fourth-order valence-corrected chi connectivity index (χ4v) is 2.12. The normalized spacial score (nSPS) is 23.6. The molecule has 2 rings (SSSR count). The summed E-state index contributed by atoms with van der Waals surface area (Å²) in [5, 5.41) is 12.1. The van der Waals surface area contributed by atoms with Gasteiger partial charge in [-0.05, 0) is 31.2 Å². The predicted octanol–water partition coefficient (Wildman–Crippen LogP) is 1.11. The van der Waals surface area contributed by atoms with Crippen LogP contribution in [-0.2, 0) is 0 Å². The highest BCUT2D eigenvalue weighted by Crippen LogP contribution is 2.24. The van der Waals surface area contributed by atoms with Crippen molar-refractivity contribution >= 4 is 5.91 Å². The molecule has 1 amide bonds. The Balaban J connectivity index is 1.85. The summed E-state index contributed by atoms with van der Waals surface area (Å²) in [7, 11) is 0. The number of aliphatic hydroxyl groups is 1. The largest absolute Gasteiger partial charge is 0.393 e. The molecular formula is C12H15FN2O2. The smallest absolute Gasteiger partial charge is 0.251 e. The summed E-state index contributed by atoms with van der Waals surface area (Å²) in [6, 6.07) is 2.58. The second-order valence-corrected chi connectivity index (χ2v) is 4.41. The van der Waals surface area contributed by atoms with Crippen LogP contribution in [0.2, 0.25) is 0 Å². The van der Waals surface area contributed by atoms with Crippen molar-refractivity contribution in [2.45, 2.75) is 25.4 Å². The van der Waals surface area contributed by atoms with Crippen molar-refractivity contribution in [1.82, 2.24) is 10.3 Å². The molecule has 2 atom stereocenters. The molecule has 1 aromatic rings. The van der Waals surface area contributed by atoms with Gasteiger partial charge in [-0.1, -0.05) is 0 Å². The Bertz CT molecular complexity index is 411. The highest BCUT2D eigenvalue weighted by Gasteiger charge is 2.23.